The van der Waals surface area contributed by atoms with Gasteiger partial charge < -0.3 is 15.8 Å². The number of nitrogens with one attached hydrogen (secondary N) is 1. The van der Waals surface area contributed by atoms with Gasteiger partial charge in [-0.2, -0.15) is 0 Å². The van der Waals surface area contributed by atoms with E-state index in [4.69, 9.17) is 22.1 Å². The van der Waals surface area contributed by atoms with Crippen LogP contribution in [0, 0.1) is 0 Å². The molecule has 2 aromatic rings. The molecular weight excluding hydrogens is 362 g/mol. The summed E-state index contributed by atoms with van der Waals surface area (Å²) in [6.45, 7) is 3.44. The molecule has 0 saturated carbocycles. The van der Waals surface area contributed by atoms with Crippen molar-refractivity contribution in [2.75, 3.05) is 32.8 Å². The number of hydrogen-bond donors (Lipinski definition) is 2. The Hall–Kier alpha value is -1.92. The zero-order valence-electron chi connectivity index (χ0n) is 15.3. The molecule has 1 amide bonds. The number of halogens is 1. The lowest BCUT2D eigenvalue weighted by molar-refractivity contribution is -0.122. The van der Waals surface area contributed by atoms with E-state index >= 15 is 0 Å². The Labute approximate surface area is 165 Å². The molecule has 5 nitrogen and oxygen atoms in total. The van der Waals surface area contributed by atoms with E-state index in [-0.39, 0.29) is 11.9 Å². The van der Waals surface area contributed by atoms with Crippen LogP contribution in [0.15, 0.2) is 54.6 Å². The van der Waals surface area contributed by atoms with Gasteiger partial charge >= 0.3 is 0 Å². The van der Waals surface area contributed by atoms with E-state index in [1.54, 1.807) is 0 Å². The maximum absolute atomic E-state index is 12.5. The quantitative estimate of drug-likeness (QED) is 0.765. The van der Waals surface area contributed by atoms with Crippen LogP contribution in [0.1, 0.15) is 17.2 Å². The monoisotopic (exact) mass is 387 g/mol. The lowest BCUT2D eigenvalue weighted by atomic mass is 10.0. The number of carbonyl (C=O) groups excluding carboxylic acids is 1. The fraction of sp³-hybridized carbons (Fsp3) is 0.381. The Morgan fingerprint density at radius 2 is 1.78 bits per heavy atom. The Kier molecular flexibility index (Phi) is 7.24. The molecule has 2 unspecified atom stereocenters. The van der Waals surface area contributed by atoms with Crippen LogP contribution in [0.4, 0.5) is 0 Å². The van der Waals surface area contributed by atoms with Crippen molar-refractivity contribution in [1.82, 2.24) is 10.2 Å². The number of nitrogens with two attached hydrogens (primary N) is 1. The smallest absolute Gasteiger partial charge is 0.237 e. The average molecular weight is 388 g/mol. The minimum absolute atomic E-state index is 0.00419. The van der Waals surface area contributed by atoms with Crippen LogP contribution in [-0.2, 0) is 16.0 Å². The summed E-state index contributed by atoms with van der Waals surface area (Å²) in [6.07, 6.45) is 0.515. The third-order valence-electron chi connectivity index (χ3n) is 4.86. The second-order valence-electron chi connectivity index (χ2n) is 6.73. The highest BCUT2D eigenvalue weighted by Crippen LogP contribution is 2.27. The first-order chi connectivity index (χ1) is 13.1. The van der Waals surface area contributed by atoms with Crippen LogP contribution in [0.5, 0.6) is 0 Å². The van der Waals surface area contributed by atoms with Crippen molar-refractivity contribution in [2.24, 2.45) is 5.73 Å². The standard InChI is InChI=1S/C21H26ClN3O2/c22-18-9-5-4-8-17(18)20(25-10-12-27-13-11-25)15-24-21(26)19(23)14-16-6-2-1-3-7-16/h1-9,19-20H,10-15,23H2,(H,24,26). The average Bonchev–Trinajstić information content (AvgIpc) is 2.71. The summed E-state index contributed by atoms with van der Waals surface area (Å²) in [7, 11) is 0. The molecule has 1 aliphatic heterocycles. The molecule has 0 radical (unpaired) electrons. The van der Waals surface area contributed by atoms with Crippen molar-refractivity contribution >= 4 is 17.5 Å². The number of morpholine rings is 1. The Morgan fingerprint density at radius 1 is 1.11 bits per heavy atom. The molecule has 1 heterocycles. The van der Waals surface area contributed by atoms with Crippen molar-refractivity contribution in [1.29, 1.82) is 0 Å². The predicted octanol–water partition coefficient (Wildman–Crippen LogP) is 2.40. The molecule has 0 aromatic heterocycles. The summed E-state index contributed by atoms with van der Waals surface area (Å²) in [6, 6.07) is 17.0. The normalized spacial score (nSPS) is 17.3. The number of ether oxygens (including phenoxy) is 1. The van der Waals surface area contributed by atoms with Gasteiger partial charge in [-0.15, -0.1) is 0 Å². The first kappa shape index (κ1) is 19.8. The fourth-order valence-electron chi connectivity index (χ4n) is 3.36. The Bertz CT molecular complexity index is 735. The molecule has 0 aliphatic carbocycles. The van der Waals surface area contributed by atoms with E-state index < -0.39 is 6.04 Å². The number of nitrogens with zero attached hydrogens (tertiary/aromatic N) is 1. The third kappa shape index (κ3) is 5.53. The van der Waals surface area contributed by atoms with Gasteiger partial charge in [0.2, 0.25) is 5.91 Å². The van der Waals surface area contributed by atoms with Crippen molar-refractivity contribution < 1.29 is 9.53 Å². The molecule has 1 fully saturated rings. The van der Waals surface area contributed by atoms with Crippen molar-refractivity contribution in [3.05, 3.63) is 70.7 Å². The van der Waals surface area contributed by atoms with Gasteiger partial charge in [-0.05, 0) is 23.6 Å². The molecule has 1 aliphatic rings. The second kappa shape index (κ2) is 9.85. The van der Waals surface area contributed by atoms with Crippen molar-refractivity contribution in [3.63, 3.8) is 0 Å². The number of rotatable bonds is 7. The number of carbonyl (C=O) groups is 1. The Balaban J connectivity index is 1.65. The van der Waals surface area contributed by atoms with Gasteiger partial charge in [0, 0.05) is 24.7 Å². The summed E-state index contributed by atoms with van der Waals surface area (Å²) in [5.74, 6) is -0.149. The lowest BCUT2D eigenvalue weighted by Gasteiger charge is -2.35. The molecule has 27 heavy (non-hydrogen) atoms. The van der Waals surface area contributed by atoms with Gasteiger partial charge in [0.05, 0.1) is 25.3 Å². The van der Waals surface area contributed by atoms with Gasteiger partial charge in [0.1, 0.15) is 0 Å². The minimum atomic E-state index is -0.580. The summed E-state index contributed by atoms with van der Waals surface area (Å²) >= 11 is 6.43. The van der Waals surface area contributed by atoms with E-state index in [0.29, 0.717) is 31.2 Å². The van der Waals surface area contributed by atoms with Crippen LogP contribution in [0.25, 0.3) is 0 Å². The zero-order valence-corrected chi connectivity index (χ0v) is 16.1. The Morgan fingerprint density at radius 3 is 2.48 bits per heavy atom. The van der Waals surface area contributed by atoms with Gasteiger partial charge in [-0.25, -0.2) is 0 Å². The topological polar surface area (TPSA) is 67.6 Å². The predicted molar refractivity (Wildman–Crippen MR) is 108 cm³/mol. The van der Waals surface area contributed by atoms with Gasteiger partial charge in [0.15, 0.2) is 0 Å². The second-order valence-corrected chi connectivity index (χ2v) is 7.13. The molecule has 0 bridgehead atoms. The van der Waals surface area contributed by atoms with Crippen LogP contribution in [0.3, 0.4) is 0 Å². The van der Waals surface area contributed by atoms with E-state index in [9.17, 15) is 4.79 Å². The van der Waals surface area contributed by atoms with E-state index in [1.165, 1.54) is 0 Å². The van der Waals surface area contributed by atoms with Gasteiger partial charge in [-0.1, -0.05) is 60.1 Å². The highest BCUT2D eigenvalue weighted by molar-refractivity contribution is 6.31. The van der Waals surface area contributed by atoms with E-state index in [2.05, 4.69) is 10.2 Å². The van der Waals surface area contributed by atoms with E-state index in [1.807, 2.05) is 54.6 Å². The van der Waals surface area contributed by atoms with Crippen LogP contribution >= 0.6 is 11.6 Å². The highest BCUT2D eigenvalue weighted by atomic mass is 35.5. The fourth-order valence-corrected chi connectivity index (χ4v) is 3.62. The lowest BCUT2D eigenvalue weighted by Crippen LogP contribution is -2.47. The molecule has 3 N–H and O–H groups in total. The molecule has 3 rings (SSSR count). The van der Waals surface area contributed by atoms with Crippen molar-refractivity contribution in [3.8, 4) is 0 Å². The maximum Gasteiger partial charge on any atom is 0.237 e. The highest BCUT2D eigenvalue weighted by Gasteiger charge is 2.25. The maximum atomic E-state index is 12.5. The summed E-state index contributed by atoms with van der Waals surface area (Å²) in [4.78, 5) is 14.8. The number of amides is 1. The zero-order chi connectivity index (χ0) is 19.1. The summed E-state index contributed by atoms with van der Waals surface area (Å²) in [5.41, 5.74) is 8.17. The summed E-state index contributed by atoms with van der Waals surface area (Å²) < 4.78 is 5.46. The van der Waals surface area contributed by atoms with Gasteiger partial charge in [-0.3, -0.25) is 9.69 Å². The first-order valence-corrected chi connectivity index (χ1v) is 9.66. The molecule has 2 aromatic carbocycles. The SMILES string of the molecule is NC(Cc1ccccc1)C(=O)NCC(c1ccccc1Cl)N1CCOCC1. The third-order valence-corrected chi connectivity index (χ3v) is 5.20. The van der Waals surface area contributed by atoms with Crippen LogP contribution in [-0.4, -0.2) is 49.7 Å². The molecule has 6 heteroatoms. The number of benzene rings is 2. The van der Waals surface area contributed by atoms with Crippen molar-refractivity contribution in [2.45, 2.75) is 18.5 Å². The molecule has 1 saturated heterocycles. The van der Waals surface area contributed by atoms with Crippen LogP contribution < -0.4 is 11.1 Å². The minimum Gasteiger partial charge on any atom is -0.379 e. The molecule has 144 valence electrons. The molecular formula is C21H26ClN3O2. The molecule has 0 spiro atoms. The van der Waals surface area contributed by atoms with Crippen LogP contribution in [0.2, 0.25) is 5.02 Å². The van der Waals surface area contributed by atoms with E-state index in [0.717, 1.165) is 24.2 Å². The largest absolute Gasteiger partial charge is 0.379 e. The van der Waals surface area contributed by atoms with Gasteiger partial charge in [0.25, 0.3) is 0 Å². The first-order valence-electron chi connectivity index (χ1n) is 9.28. The summed E-state index contributed by atoms with van der Waals surface area (Å²) in [5, 5.41) is 3.73. The number of hydrogen-bond acceptors (Lipinski definition) is 4. The molecule has 2 atom stereocenters.